The van der Waals surface area contributed by atoms with Crippen LogP contribution in [0.2, 0.25) is 0 Å². The summed E-state index contributed by atoms with van der Waals surface area (Å²) in [5.41, 5.74) is 2.66. The highest BCUT2D eigenvalue weighted by Gasteiger charge is 2.22. The van der Waals surface area contributed by atoms with Crippen LogP contribution in [0.25, 0.3) is 0 Å². The second kappa shape index (κ2) is 5.40. The first-order chi connectivity index (χ1) is 8.95. The normalized spacial score (nSPS) is 14.8. The maximum absolute atomic E-state index is 4.67. The Hall–Kier alpha value is -1.54. The first-order valence-corrected chi connectivity index (χ1v) is 7.21. The number of thioether (sulfide) groups is 1. The fraction of sp³-hybridized carbons (Fsp3) is 0.188. The lowest BCUT2D eigenvalue weighted by Crippen LogP contribution is -2.09. The second-order valence-corrected chi connectivity index (χ2v) is 5.44. The lowest BCUT2D eigenvalue weighted by atomic mass is 9.92. The Morgan fingerprint density at radius 3 is 1.83 bits per heavy atom. The zero-order valence-corrected chi connectivity index (χ0v) is 10.9. The molecule has 0 atom stereocenters. The van der Waals surface area contributed by atoms with Gasteiger partial charge in [-0.1, -0.05) is 60.7 Å². The Bertz CT molecular complexity index is 494. The van der Waals surface area contributed by atoms with Gasteiger partial charge in [-0.2, -0.15) is 0 Å². The average molecular weight is 253 g/mol. The van der Waals surface area contributed by atoms with E-state index in [2.05, 4.69) is 65.7 Å². The van der Waals surface area contributed by atoms with Crippen LogP contribution in [0.3, 0.4) is 0 Å². The van der Waals surface area contributed by atoms with Gasteiger partial charge in [0.05, 0.1) is 11.0 Å². The van der Waals surface area contributed by atoms with Gasteiger partial charge in [0, 0.05) is 12.3 Å². The van der Waals surface area contributed by atoms with E-state index in [-0.39, 0.29) is 0 Å². The van der Waals surface area contributed by atoms with Gasteiger partial charge in [0.1, 0.15) is 0 Å². The smallest absolute Gasteiger partial charge is 0.0796 e. The number of aliphatic imine (C=N–C) groups is 1. The molecule has 1 aliphatic heterocycles. The summed E-state index contributed by atoms with van der Waals surface area (Å²) in [6.45, 7) is 0.955. The van der Waals surface area contributed by atoms with Crippen molar-refractivity contribution in [1.29, 1.82) is 0 Å². The molecule has 0 aliphatic carbocycles. The highest BCUT2D eigenvalue weighted by Crippen LogP contribution is 2.32. The molecule has 1 heterocycles. The Kier molecular flexibility index (Phi) is 3.47. The summed E-state index contributed by atoms with van der Waals surface area (Å²) in [4.78, 5) is 4.67. The van der Waals surface area contributed by atoms with Crippen LogP contribution in [0, 0.1) is 0 Å². The average Bonchev–Trinajstić information content (AvgIpc) is 2.95. The SMILES string of the molecule is c1ccc(C(C2=NCCS2)c2ccccc2)cc1. The van der Waals surface area contributed by atoms with Crippen molar-refractivity contribution in [2.24, 2.45) is 4.99 Å². The van der Waals surface area contributed by atoms with Crippen molar-refractivity contribution >= 4 is 16.8 Å². The van der Waals surface area contributed by atoms with Gasteiger partial charge >= 0.3 is 0 Å². The molecule has 0 saturated heterocycles. The first kappa shape index (κ1) is 11.5. The van der Waals surface area contributed by atoms with Crippen LogP contribution in [0.15, 0.2) is 65.7 Å². The van der Waals surface area contributed by atoms with E-state index in [9.17, 15) is 0 Å². The third-order valence-corrected chi connectivity index (χ3v) is 4.17. The molecule has 1 nitrogen and oxygen atoms in total. The van der Waals surface area contributed by atoms with E-state index in [0.717, 1.165) is 12.3 Å². The molecule has 0 bridgehead atoms. The van der Waals surface area contributed by atoms with E-state index in [1.165, 1.54) is 16.2 Å². The molecule has 0 unspecified atom stereocenters. The molecule has 90 valence electrons. The maximum atomic E-state index is 4.67. The fourth-order valence-corrected chi connectivity index (χ4v) is 3.31. The number of hydrogen-bond donors (Lipinski definition) is 0. The van der Waals surface area contributed by atoms with Gasteiger partial charge in [0.25, 0.3) is 0 Å². The molecule has 2 aromatic carbocycles. The van der Waals surface area contributed by atoms with E-state index in [1.54, 1.807) is 0 Å². The maximum Gasteiger partial charge on any atom is 0.0796 e. The van der Waals surface area contributed by atoms with Crippen molar-refractivity contribution in [3.05, 3.63) is 71.8 Å². The third kappa shape index (κ3) is 2.34. The van der Waals surface area contributed by atoms with E-state index in [4.69, 9.17) is 0 Å². The summed E-state index contributed by atoms with van der Waals surface area (Å²) in [7, 11) is 0. The third-order valence-electron chi connectivity index (χ3n) is 3.12. The van der Waals surface area contributed by atoms with Crippen LogP contribution in [-0.4, -0.2) is 17.3 Å². The van der Waals surface area contributed by atoms with Crippen molar-refractivity contribution in [3.8, 4) is 0 Å². The minimum absolute atomic E-state index is 0.305. The van der Waals surface area contributed by atoms with Crippen molar-refractivity contribution in [1.82, 2.24) is 0 Å². The number of rotatable bonds is 3. The van der Waals surface area contributed by atoms with Crippen LogP contribution < -0.4 is 0 Å². The molecule has 3 rings (SSSR count). The predicted octanol–water partition coefficient (Wildman–Crippen LogP) is 3.96. The Balaban J connectivity index is 2.04. The van der Waals surface area contributed by atoms with Gasteiger partial charge in [0.15, 0.2) is 0 Å². The predicted molar refractivity (Wildman–Crippen MR) is 79.5 cm³/mol. The Labute approximate surface area is 112 Å². The summed E-state index contributed by atoms with van der Waals surface area (Å²) in [5, 5.41) is 1.26. The van der Waals surface area contributed by atoms with E-state index >= 15 is 0 Å². The molecule has 18 heavy (non-hydrogen) atoms. The molecule has 0 amide bonds. The van der Waals surface area contributed by atoms with Crippen molar-refractivity contribution in [3.63, 3.8) is 0 Å². The number of benzene rings is 2. The van der Waals surface area contributed by atoms with Crippen LogP contribution in [0.1, 0.15) is 17.0 Å². The van der Waals surface area contributed by atoms with Gasteiger partial charge in [-0.25, -0.2) is 0 Å². The van der Waals surface area contributed by atoms with Crippen molar-refractivity contribution < 1.29 is 0 Å². The van der Waals surface area contributed by atoms with Gasteiger partial charge in [-0.3, -0.25) is 4.99 Å². The number of nitrogens with zero attached hydrogens (tertiary/aromatic N) is 1. The topological polar surface area (TPSA) is 12.4 Å². The molecule has 0 fully saturated rings. The van der Waals surface area contributed by atoms with Crippen LogP contribution >= 0.6 is 11.8 Å². The minimum atomic E-state index is 0.305. The first-order valence-electron chi connectivity index (χ1n) is 6.22. The van der Waals surface area contributed by atoms with Gasteiger partial charge in [-0.05, 0) is 11.1 Å². The van der Waals surface area contributed by atoms with Crippen LogP contribution in [0.5, 0.6) is 0 Å². The highest BCUT2D eigenvalue weighted by atomic mass is 32.2. The summed E-state index contributed by atoms with van der Waals surface area (Å²) in [5.74, 6) is 1.42. The summed E-state index contributed by atoms with van der Waals surface area (Å²) >= 11 is 1.89. The molecule has 2 heteroatoms. The standard InChI is InChI=1S/C16H15NS/c1-3-7-13(8-4-1)15(16-17-11-12-18-16)14-9-5-2-6-10-14/h1-10,15H,11-12H2. The molecular weight excluding hydrogens is 238 g/mol. The molecule has 2 aromatic rings. The molecular formula is C16H15NS. The van der Waals surface area contributed by atoms with Crippen LogP contribution in [-0.2, 0) is 0 Å². The van der Waals surface area contributed by atoms with Gasteiger partial charge in [-0.15, -0.1) is 11.8 Å². The van der Waals surface area contributed by atoms with Crippen LogP contribution in [0.4, 0.5) is 0 Å². The molecule has 0 spiro atoms. The summed E-state index contributed by atoms with van der Waals surface area (Å²) < 4.78 is 0. The zero-order valence-electron chi connectivity index (χ0n) is 10.1. The summed E-state index contributed by atoms with van der Waals surface area (Å²) in [6.07, 6.45) is 0. The van der Waals surface area contributed by atoms with Gasteiger partial charge in [0.2, 0.25) is 0 Å². The lowest BCUT2D eigenvalue weighted by molar-refractivity contribution is 1.07. The Morgan fingerprint density at radius 2 is 1.39 bits per heavy atom. The molecule has 1 aliphatic rings. The monoisotopic (exact) mass is 253 g/mol. The quantitative estimate of drug-likeness (QED) is 0.806. The fourth-order valence-electron chi connectivity index (χ4n) is 2.29. The van der Waals surface area contributed by atoms with Gasteiger partial charge < -0.3 is 0 Å². The Morgan fingerprint density at radius 1 is 0.833 bits per heavy atom. The second-order valence-electron chi connectivity index (χ2n) is 4.32. The van der Waals surface area contributed by atoms with E-state index < -0.39 is 0 Å². The molecule has 0 N–H and O–H groups in total. The minimum Gasteiger partial charge on any atom is -0.281 e. The van der Waals surface area contributed by atoms with E-state index in [1.807, 2.05) is 11.8 Å². The zero-order chi connectivity index (χ0) is 12.2. The summed E-state index contributed by atoms with van der Waals surface area (Å²) in [6, 6.07) is 21.3. The lowest BCUT2D eigenvalue weighted by Gasteiger charge is -2.17. The molecule has 0 aromatic heterocycles. The molecule has 0 saturated carbocycles. The number of hydrogen-bond acceptors (Lipinski definition) is 2. The largest absolute Gasteiger partial charge is 0.281 e. The highest BCUT2D eigenvalue weighted by molar-refractivity contribution is 8.14. The van der Waals surface area contributed by atoms with Crippen molar-refractivity contribution in [2.45, 2.75) is 5.92 Å². The van der Waals surface area contributed by atoms with E-state index in [0.29, 0.717) is 5.92 Å². The molecule has 0 radical (unpaired) electrons. The van der Waals surface area contributed by atoms with Crippen molar-refractivity contribution in [2.75, 3.05) is 12.3 Å².